The molecule has 23 heavy (non-hydrogen) atoms. The van der Waals surface area contributed by atoms with Gasteiger partial charge in [0.05, 0.1) is 0 Å². The molecule has 0 unspecified atom stereocenters. The molecule has 118 valence electrons. The standard InChI is InChI=1S/C22H25N/c1-16(23-13-11-17-6-4-5-7-20(17)15-23)19-9-8-18-10-12-22(2,3)21(18)14-19/h4-9,14H,1,10-13,15H2,2-3H3. The van der Waals surface area contributed by atoms with Gasteiger partial charge in [-0.05, 0) is 58.6 Å². The van der Waals surface area contributed by atoms with E-state index in [1.54, 1.807) is 0 Å². The molecule has 0 spiro atoms. The lowest BCUT2D eigenvalue weighted by Crippen LogP contribution is -2.28. The van der Waals surface area contributed by atoms with E-state index < -0.39 is 0 Å². The fourth-order valence-electron chi connectivity index (χ4n) is 4.09. The van der Waals surface area contributed by atoms with Crippen LogP contribution >= 0.6 is 0 Å². The fraction of sp³-hybridized carbons (Fsp3) is 0.364. The van der Waals surface area contributed by atoms with E-state index >= 15 is 0 Å². The molecular formula is C22H25N. The Kier molecular flexibility index (Phi) is 3.33. The van der Waals surface area contributed by atoms with E-state index in [1.165, 1.54) is 46.4 Å². The van der Waals surface area contributed by atoms with Crippen LogP contribution in [0.5, 0.6) is 0 Å². The molecule has 0 bridgehead atoms. The number of rotatable bonds is 2. The van der Waals surface area contributed by atoms with Crippen molar-refractivity contribution in [3.63, 3.8) is 0 Å². The molecule has 4 rings (SSSR count). The van der Waals surface area contributed by atoms with Crippen molar-refractivity contribution < 1.29 is 0 Å². The Morgan fingerprint density at radius 1 is 1.00 bits per heavy atom. The lowest BCUT2D eigenvalue weighted by molar-refractivity contribution is 0.374. The lowest BCUT2D eigenvalue weighted by atomic mass is 9.85. The Bertz CT molecular complexity index is 769. The molecule has 0 aromatic heterocycles. The highest BCUT2D eigenvalue weighted by Gasteiger charge is 2.30. The van der Waals surface area contributed by atoms with Crippen molar-refractivity contribution in [3.8, 4) is 0 Å². The molecule has 0 fully saturated rings. The normalized spacial score (nSPS) is 18.4. The first-order valence-corrected chi connectivity index (χ1v) is 8.69. The summed E-state index contributed by atoms with van der Waals surface area (Å²) in [5.74, 6) is 0. The van der Waals surface area contributed by atoms with Crippen LogP contribution < -0.4 is 0 Å². The van der Waals surface area contributed by atoms with Gasteiger partial charge in [-0.1, -0.05) is 56.8 Å². The summed E-state index contributed by atoms with van der Waals surface area (Å²) in [5, 5.41) is 0. The Morgan fingerprint density at radius 3 is 2.61 bits per heavy atom. The summed E-state index contributed by atoms with van der Waals surface area (Å²) < 4.78 is 0. The van der Waals surface area contributed by atoms with Crippen molar-refractivity contribution in [1.82, 2.24) is 4.90 Å². The van der Waals surface area contributed by atoms with E-state index in [1.807, 2.05) is 0 Å². The maximum atomic E-state index is 4.42. The quantitative estimate of drug-likeness (QED) is 0.759. The number of aryl methyl sites for hydroxylation is 1. The highest BCUT2D eigenvalue weighted by atomic mass is 15.1. The summed E-state index contributed by atoms with van der Waals surface area (Å²) in [7, 11) is 0. The summed E-state index contributed by atoms with van der Waals surface area (Å²) >= 11 is 0. The van der Waals surface area contributed by atoms with Gasteiger partial charge in [0.2, 0.25) is 0 Å². The predicted molar refractivity (Wildman–Crippen MR) is 97.4 cm³/mol. The van der Waals surface area contributed by atoms with Crippen LogP contribution in [-0.4, -0.2) is 11.4 Å². The minimum atomic E-state index is 0.306. The van der Waals surface area contributed by atoms with Crippen LogP contribution in [-0.2, 0) is 24.8 Å². The average Bonchev–Trinajstić information content (AvgIpc) is 2.88. The Morgan fingerprint density at radius 2 is 1.78 bits per heavy atom. The number of hydrogen-bond acceptors (Lipinski definition) is 1. The van der Waals surface area contributed by atoms with Crippen LogP contribution in [0.15, 0.2) is 49.0 Å². The molecule has 0 radical (unpaired) electrons. The molecule has 1 nitrogen and oxygen atoms in total. The van der Waals surface area contributed by atoms with Gasteiger partial charge in [-0.15, -0.1) is 0 Å². The third-order valence-electron chi connectivity index (χ3n) is 5.70. The van der Waals surface area contributed by atoms with Crippen molar-refractivity contribution in [2.75, 3.05) is 6.54 Å². The molecule has 1 aliphatic heterocycles. The maximum Gasteiger partial charge on any atom is 0.0432 e. The molecule has 0 atom stereocenters. The Hall–Kier alpha value is -2.02. The van der Waals surface area contributed by atoms with Crippen molar-refractivity contribution in [2.24, 2.45) is 0 Å². The van der Waals surface area contributed by atoms with Crippen LogP contribution in [0.2, 0.25) is 0 Å². The van der Waals surface area contributed by atoms with E-state index in [0.717, 1.165) is 19.5 Å². The Labute approximate surface area is 139 Å². The number of nitrogens with zero attached hydrogens (tertiary/aromatic N) is 1. The fourth-order valence-corrected chi connectivity index (χ4v) is 4.09. The zero-order valence-corrected chi connectivity index (χ0v) is 14.2. The van der Waals surface area contributed by atoms with Gasteiger partial charge in [-0.2, -0.15) is 0 Å². The zero-order valence-electron chi connectivity index (χ0n) is 14.2. The van der Waals surface area contributed by atoms with Gasteiger partial charge in [0.25, 0.3) is 0 Å². The first kappa shape index (κ1) is 14.6. The van der Waals surface area contributed by atoms with Crippen molar-refractivity contribution in [1.29, 1.82) is 0 Å². The number of benzene rings is 2. The zero-order chi connectivity index (χ0) is 16.0. The third kappa shape index (κ3) is 2.49. The average molecular weight is 303 g/mol. The second-order valence-corrected chi connectivity index (χ2v) is 7.64. The molecule has 1 heteroatoms. The van der Waals surface area contributed by atoms with E-state index in [9.17, 15) is 0 Å². The first-order chi connectivity index (χ1) is 11.0. The smallest absolute Gasteiger partial charge is 0.0432 e. The minimum Gasteiger partial charge on any atom is -0.367 e. The minimum absolute atomic E-state index is 0.306. The van der Waals surface area contributed by atoms with Crippen LogP contribution in [0.25, 0.3) is 5.70 Å². The number of fused-ring (bicyclic) bond motifs is 2. The van der Waals surface area contributed by atoms with Gasteiger partial charge < -0.3 is 4.90 Å². The van der Waals surface area contributed by atoms with E-state index in [2.05, 4.69) is 67.8 Å². The summed E-state index contributed by atoms with van der Waals surface area (Å²) in [6.07, 6.45) is 3.59. The van der Waals surface area contributed by atoms with Crippen LogP contribution in [0.1, 0.15) is 48.1 Å². The predicted octanol–water partition coefficient (Wildman–Crippen LogP) is 4.94. The summed E-state index contributed by atoms with van der Waals surface area (Å²) in [6.45, 7) is 11.2. The first-order valence-electron chi connectivity index (χ1n) is 8.69. The molecule has 0 amide bonds. The summed E-state index contributed by atoms with van der Waals surface area (Å²) in [6, 6.07) is 15.8. The van der Waals surface area contributed by atoms with Gasteiger partial charge >= 0.3 is 0 Å². The van der Waals surface area contributed by atoms with Crippen molar-refractivity contribution in [3.05, 3.63) is 76.9 Å². The summed E-state index contributed by atoms with van der Waals surface area (Å²) in [5.41, 5.74) is 8.75. The summed E-state index contributed by atoms with van der Waals surface area (Å²) in [4.78, 5) is 2.44. The second-order valence-electron chi connectivity index (χ2n) is 7.64. The molecule has 1 heterocycles. The van der Waals surface area contributed by atoms with Gasteiger partial charge in [-0.3, -0.25) is 0 Å². The highest BCUT2D eigenvalue weighted by Crippen LogP contribution is 2.40. The van der Waals surface area contributed by atoms with Crippen molar-refractivity contribution >= 4 is 5.70 Å². The SMILES string of the molecule is C=C(c1ccc2c(c1)C(C)(C)CC2)N1CCc2ccccc2C1. The monoisotopic (exact) mass is 303 g/mol. The topological polar surface area (TPSA) is 3.24 Å². The molecule has 0 saturated carbocycles. The van der Waals surface area contributed by atoms with Gasteiger partial charge in [-0.25, -0.2) is 0 Å². The highest BCUT2D eigenvalue weighted by molar-refractivity contribution is 5.64. The van der Waals surface area contributed by atoms with E-state index in [4.69, 9.17) is 0 Å². The molecule has 1 aliphatic carbocycles. The van der Waals surface area contributed by atoms with E-state index in [0.29, 0.717) is 5.41 Å². The van der Waals surface area contributed by atoms with Crippen LogP contribution in [0.3, 0.4) is 0 Å². The molecule has 0 saturated heterocycles. The lowest BCUT2D eigenvalue weighted by Gasteiger charge is -2.32. The van der Waals surface area contributed by atoms with E-state index in [-0.39, 0.29) is 0 Å². The van der Waals surface area contributed by atoms with Gasteiger partial charge in [0.1, 0.15) is 0 Å². The molecule has 2 aliphatic rings. The molecule has 2 aromatic carbocycles. The number of hydrogen-bond donors (Lipinski definition) is 0. The van der Waals surface area contributed by atoms with Crippen LogP contribution in [0, 0.1) is 0 Å². The van der Waals surface area contributed by atoms with Gasteiger partial charge in [0.15, 0.2) is 0 Å². The second kappa shape index (κ2) is 5.26. The largest absolute Gasteiger partial charge is 0.367 e. The molecule has 2 aromatic rings. The Balaban J connectivity index is 1.61. The molecular weight excluding hydrogens is 278 g/mol. The third-order valence-corrected chi connectivity index (χ3v) is 5.70. The van der Waals surface area contributed by atoms with Gasteiger partial charge in [0, 0.05) is 18.8 Å². The molecule has 0 N–H and O–H groups in total. The van der Waals surface area contributed by atoms with Crippen LogP contribution in [0.4, 0.5) is 0 Å². The van der Waals surface area contributed by atoms with Crippen molar-refractivity contribution in [2.45, 2.75) is 45.1 Å². The maximum absolute atomic E-state index is 4.42.